The van der Waals surface area contributed by atoms with Gasteiger partial charge in [-0.05, 0) is 46.8 Å². The zero-order valence-electron chi connectivity index (χ0n) is 16.7. The number of nitrogens with two attached hydrogens (primary N) is 1. The monoisotopic (exact) mass is 491 g/mol. The number of aromatic carboxylic acids is 1. The maximum atomic E-state index is 13.4. The number of nitrogens with one attached hydrogen (secondary N) is 1. The number of hydrazine groups is 1. The molecule has 0 bridgehead atoms. The number of aromatic nitrogens is 1. The first-order chi connectivity index (χ1) is 15.4. The van der Waals surface area contributed by atoms with Crippen molar-refractivity contribution in [2.45, 2.75) is 6.54 Å². The molecule has 0 unspecified atom stereocenters. The van der Waals surface area contributed by atoms with Gasteiger partial charge in [-0.2, -0.15) is 0 Å². The first kappa shape index (κ1) is 21.5. The number of carboxylic acid groups (broad SMARTS) is 1. The third-order valence-corrected chi connectivity index (χ3v) is 5.68. The Bertz CT molecular complexity index is 1400. The molecule has 0 aliphatic heterocycles. The lowest BCUT2D eigenvalue weighted by Crippen LogP contribution is -2.30. The number of rotatable bonds is 5. The Morgan fingerprint density at radius 1 is 0.969 bits per heavy atom. The third kappa shape index (κ3) is 3.93. The summed E-state index contributed by atoms with van der Waals surface area (Å²) in [6.07, 6.45) is 0. The molecule has 0 radical (unpaired) electrons. The Balaban J connectivity index is 1.98. The van der Waals surface area contributed by atoms with E-state index in [1.165, 1.54) is 4.57 Å². The van der Waals surface area contributed by atoms with Crippen LogP contribution in [0.4, 0.5) is 0 Å². The Kier molecular flexibility index (Phi) is 5.89. The minimum atomic E-state index is -1.21. The van der Waals surface area contributed by atoms with Crippen LogP contribution in [-0.4, -0.2) is 21.6 Å². The highest BCUT2D eigenvalue weighted by molar-refractivity contribution is 9.10. The minimum Gasteiger partial charge on any atom is -0.477 e. The maximum Gasteiger partial charge on any atom is 0.353 e. The second-order valence-corrected chi connectivity index (χ2v) is 8.06. The summed E-state index contributed by atoms with van der Waals surface area (Å²) in [4.78, 5) is 37.5. The molecule has 8 heteroatoms. The molecule has 0 fully saturated rings. The second-order valence-electron chi connectivity index (χ2n) is 7.15. The van der Waals surface area contributed by atoms with E-state index in [0.29, 0.717) is 33.0 Å². The number of hydrogen-bond donors (Lipinski definition) is 3. The zero-order chi connectivity index (χ0) is 22.8. The van der Waals surface area contributed by atoms with Crippen molar-refractivity contribution in [1.82, 2.24) is 9.99 Å². The van der Waals surface area contributed by atoms with Crippen LogP contribution in [0.15, 0.2) is 82.1 Å². The largest absolute Gasteiger partial charge is 0.477 e. The van der Waals surface area contributed by atoms with E-state index in [1.54, 1.807) is 42.5 Å². The number of carbonyl (C=O) groups is 2. The molecule has 0 saturated carbocycles. The highest BCUT2D eigenvalue weighted by atomic mass is 79.9. The SMILES string of the molecule is NNC(=O)c1ccc(Cn2c(C(=O)O)c(-c3ccccc3)c3cc(Br)ccc3c2=O)cc1. The number of fused-ring (bicyclic) bond motifs is 1. The Morgan fingerprint density at radius 3 is 2.28 bits per heavy atom. The van der Waals surface area contributed by atoms with Crippen LogP contribution in [0, 0.1) is 0 Å². The summed E-state index contributed by atoms with van der Waals surface area (Å²) in [5.74, 6) is 3.51. The summed E-state index contributed by atoms with van der Waals surface area (Å²) in [5, 5.41) is 11.1. The fraction of sp³-hybridized carbons (Fsp3) is 0.0417. The molecular formula is C24H18BrN3O4. The van der Waals surface area contributed by atoms with Crippen molar-refractivity contribution in [3.8, 4) is 11.1 Å². The van der Waals surface area contributed by atoms with Gasteiger partial charge in [-0.25, -0.2) is 10.6 Å². The predicted molar refractivity (Wildman–Crippen MR) is 126 cm³/mol. The first-order valence-corrected chi connectivity index (χ1v) is 10.4. The van der Waals surface area contributed by atoms with Crippen molar-refractivity contribution < 1.29 is 14.7 Å². The van der Waals surface area contributed by atoms with Gasteiger partial charge in [0.25, 0.3) is 11.5 Å². The molecule has 4 rings (SSSR count). The summed E-state index contributed by atoms with van der Waals surface area (Å²) in [6, 6.07) is 20.8. The fourth-order valence-electron chi connectivity index (χ4n) is 3.72. The highest BCUT2D eigenvalue weighted by Gasteiger charge is 2.23. The molecule has 32 heavy (non-hydrogen) atoms. The average Bonchev–Trinajstić information content (AvgIpc) is 2.80. The number of nitrogens with zero attached hydrogens (tertiary/aromatic N) is 1. The van der Waals surface area contributed by atoms with E-state index >= 15 is 0 Å². The predicted octanol–water partition coefficient (Wildman–Crippen LogP) is 3.78. The summed E-state index contributed by atoms with van der Waals surface area (Å²) in [5.41, 5.74) is 3.73. The van der Waals surface area contributed by atoms with Gasteiger partial charge in [-0.3, -0.25) is 19.6 Å². The second kappa shape index (κ2) is 8.78. The molecule has 1 aromatic heterocycles. The molecular weight excluding hydrogens is 474 g/mol. The highest BCUT2D eigenvalue weighted by Crippen LogP contribution is 2.32. The summed E-state index contributed by atoms with van der Waals surface area (Å²) in [6.45, 7) is 0.0246. The van der Waals surface area contributed by atoms with Gasteiger partial charge in [-0.15, -0.1) is 0 Å². The van der Waals surface area contributed by atoms with E-state index in [-0.39, 0.29) is 12.2 Å². The topological polar surface area (TPSA) is 114 Å². The number of nitrogen functional groups attached to an aromatic ring is 1. The molecule has 3 aromatic carbocycles. The first-order valence-electron chi connectivity index (χ1n) is 9.65. The number of pyridine rings is 1. The van der Waals surface area contributed by atoms with E-state index < -0.39 is 17.4 Å². The molecule has 0 saturated heterocycles. The Labute approximate surface area is 191 Å². The maximum absolute atomic E-state index is 13.4. The lowest BCUT2D eigenvalue weighted by atomic mass is 9.96. The fourth-order valence-corrected chi connectivity index (χ4v) is 4.08. The number of hydrogen-bond acceptors (Lipinski definition) is 4. The van der Waals surface area contributed by atoms with Crippen molar-refractivity contribution in [3.63, 3.8) is 0 Å². The standard InChI is InChI=1S/C24H18BrN3O4/c25-17-10-11-18-19(12-17)20(15-4-2-1-3-5-15)21(24(31)32)28(23(18)30)13-14-6-8-16(9-7-14)22(29)27-26/h1-12H,13,26H2,(H,27,29)(H,31,32). The van der Waals surface area contributed by atoms with Crippen LogP contribution < -0.4 is 16.8 Å². The van der Waals surface area contributed by atoms with Gasteiger partial charge in [0.1, 0.15) is 5.69 Å². The molecule has 160 valence electrons. The lowest BCUT2D eigenvalue weighted by Gasteiger charge is -2.18. The molecule has 0 aliphatic rings. The van der Waals surface area contributed by atoms with Crippen molar-refractivity contribution >= 4 is 38.6 Å². The molecule has 4 aromatic rings. The van der Waals surface area contributed by atoms with Crippen LogP contribution in [-0.2, 0) is 6.54 Å². The summed E-state index contributed by atoms with van der Waals surface area (Å²) < 4.78 is 2.00. The molecule has 4 N–H and O–H groups in total. The van der Waals surface area contributed by atoms with E-state index in [1.807, 2.05) is 30.3 Å². The molecule has 1 heterocycles. The van der Waals surface area contributed by atoms with E-state index in [0.717, 1.165) is 4.47 Å². The van der Waals surface area contributed by atoms with Crippen LogP contribution >= 0.6 is 15.9 Å². The smallest absolute Gasteiger partial charge is 0.353 e. The third-order valence-electron chi connectivity index (χ3n) is 5.19. The molecule has 0 spiro atoms. The van der Waals surface area contributed by atoms with Crippen molar-refractivity contribution in [1.29, 1.82) is 0 Å². The Hall–Kier alpha value is -3.75. The van der Waals surface area contributed by atoms with Crippen LogP contribution in [0.2, 0.25) is 0 Å². The number of amides is 1. The van der Waals surface area contributed by atoms with Crippen LogP contribution in [0.1, 0.15) is 26.4 Å². The normalized spacial score (nSPS) is 10.8. The van der Waals surface area contributed by atoms with Gasteiger partial charge in [0.15, 0.2) is 0 Å². The number of halogens is 1. The summed E-state index contributed by atoms with van der Waals surface area (Å²) in [7, 11) is 0. The van der Waals surface area contributed by atoms with Crippen LogP contribution in [0.3, 0.4) is 0 Å². The summed E-state index contributed by atoms with van der Waals surface area (Å²) >= 11 is 3.42. The quantitative estimate of drug-likeness (QED) is 0.223. The van der Waals surface area contributed by atoms with Gasteiger partial charge < -0.3 is 5.11 Å². The molecule has 7 nitrogen and oxygen atoms in total. The van der Waals surface area contributed by atoms with Crippen LogP contribution in [0.25, 0.3) is 21.9 Å². The van der Waals surface area contributed by atoms with E-state index in [9.17, 15) is 19.5 Å². The molecule has 0 atom stereocenters. The number of carboxylic acids is 1. The van der Waals surface area contributed by atoms with Gasteiger partial charge in [-0.1, -0.05) is 58.4 Å². The van der Waals surface area contributed by atoms with E-state index in [2.05, 4.69) is 21.4 Å². The zero-order valence-corrected chi connectivity index (χ0v) is 18.3. The van der Waals surface area contributed by atoms with Gasteiger partial charge >= 0.3 is 5.97 Å². The van der Waals surface area contributed by atoms with Gasteiger partial charge in [0.05, 0.1) is 6.54 Å². The minimum absolute atomic E-state index is 0.0246. The van der Waals surface area contributed by atoms with E-state index in [4.69, 9.17) is 5.84 Å². The van der Waals surface area contributed by atoms with Crippen molar-refractivity contribution in [2.75, 3.05) is 0 Å². The number of carbonyl (C=O) groups excluding carboxylic acids is 1. The molecule has 1 amide bonds. The number of benzene rings is 3. The average molecular weight is 492 g/mol. The van der Waals surface area contributed by atoms with Crippen molar-refractivity contribution in [3.05, 3.63) is 104 Å². The van der Waals surface area contributed by atoms with Crippen LogP contribution in [0.5, 0.6) is 0 Å². The molecule has 0 aliphatic carbocycles. The Morgan fingerprint density at radius 2 is 1.66 bits per heavy atom. The van der Waals surface area contributed by atoms with Crippen molar-refractivity contribution in [2.24, 2.45) is 5.84 Å². The van der Waals surface area contributed by atoms with Gasteiger partial charge in [0, 0.05) is 21.0 Å². The van der Waals surface area contributed by atoms with Gasteiger partial charge in [0.2, 0.25) is 0 Å². The lowest BCUT2D eigenvalue weighted by molar-refractivity contribution is 0.0685.